The third-order valence-corrected chi connectivity index (χ3v) is 4.46. The molecule has 1 aromatic carbocycles. The quantitative estimate of drug-likeness (QED) is 0.726. The minimum absolute atomic E-state index is 0.103. The number of carbonyl (C=O) groups is 1. The molecule has 0 atom stereocenters. The number of benzene rings is 1. The minimum Gasteiger partial charge on any atom is -0.478 e. The Morgan fingerprint density at radius 3 is 2.40 bits per heavy atom. The predicted octanol–water partition coefficient (Wildman–Crippen LogP) is 1.40. The van der Waals surface area contributed by atoms with Crippen molar-refractivity contribution in [3.8, 4) is 0 Å². The number of nitrogens with two attached hydrogens (primary N) is 1. The fourth-order valence-electron chi connectivity index (χ4n) is 0.927. The lowest BCUT2D eigenvalue weighted by Gasteiger charge is -2.06. The van der Waals surface area contributed by atoms with Crippen LogP contribution in [-0.4, -0.2) is 19.5 Å². The lowest BCUT2D eigenvalue weighted by Crippen LogP contribution is -2.15. The van der Waals surface area contributed by atoms with E-state index in [1.807, 2.05) is 0 Å². The van der Waals surface area contributed by atoms with Crippen molar-refractivity contribution in [2.24, 2.45) is 5.14 Å². The predicted molar refractivity (Wildman–Crippen MR) is 65.2 cm³/mol. The summed E-state index contributed by atoms with van der Waals surface area (Å²) in [6, 6.07) is 2.59. The molecular weight excluding hydrogens is 401 g/mol. The van der Waals surface area contributed by atoms with E-state index in [0.717, 1.165) is 0 Å². The Labute approximate surface area is 108 Å². The van der Waals surface area contributed by atoms with Crippen LogP contribution >= 0.6 is 38.5 Å². The number of aromatic carboxylic acids is 1. The molecule has 0 aromatic heterocycles. The van der Waals surface area contributed by atoms with Crippen molar-refractivity contribution in [3.05, 3.63) is 25.7 Å². The van der Waals surface area contributed by atoms with Crippen molar-refractivity contribution >= 4 is 54.5 Å². The molecule has 0 aliphatic carbocycles. The number of primary sulfonamides is 1. The molecule has 0 amide bonds. The van der Waals surface area contributed by atoms with Crippen LogP contribution in [0, 0.1) is 3.57 Å². The van der Waals surface area contributed by atoms with E-state index in [1.54, 1.807) is 22.6 Å². The first-order chi connectivity index (χ1) is 6.73. The normalized spacial score (nSPS) is 11.4. The second kappa shape index (κ2) is 4.36. The maximum atomic E-state index is 11.1. The molecule has 1 rings (SSSR count). The van der Waals surface area contributed by atoms with Gasteiger partial charge in [-0.3, -0.25) is 0 Å². The van der Waals surface area contributed by atoms with Gasteiger partial charge in [-0.2, -0.15) is 0 Å². The standard InChI is InChI=1S/C7H5BrINO4S/c8-3-1-4(7(11)12)6(9)5(2-3)15(10,13)14/h1-2H,(H,11,12)(H2,10,13,14). The topological polar surface area (TPSA) is 97.5 Å². The SMILES string of the molecule is NS(=O)(=O)c1cc(Br)cc(C(=O)O)c1I. The molecule has 1 aromatic rings. The molecule has 0 saturated heterocycles. The summed E-state index contributed by atoms with van der Waals surface area (Å²) < 4.78 is 22.7. The van der Waals surface area contributed by atoms with Crippen LogP contribution in [0.1, 0.15) is 10.4 Å². The number of sulfonamides is 1. The molecule has 8 heteroatoms. The lowest BCUT2D eigenvalue weighted by molar-refractivity contribution is 0.0695. The Balaban J connectivity index is 3.63. The smallest absolute Gasteiger partial charge is 0.336 e. The number of rotatable bonds is 2. The second-order valence-electron chi connectivity index (χ2n) is 2.62. The molecule has 0 bridgehead atoms. The molecule has 3 N–H and O–H groups in total. The van der Waals surface area contributed by atoms with Crippen molar-refractivity contribution in [2.45, 2.75) is 4.90 Å². The zero-order valence-corrected chi connectivity index (χ0v) is 11.6. The number of halogens is 2. The van der Waals surface area contributed by atoms with Crippen LogP contribution in [0.5, 0.6) is 0 Å². The van der Waals surface area contributed by atoms with Gasteiger partial charge < -0.3 is 5.11 Å². The average molecular weight is 406 g/mol. The minimum atomic E-state index is -3.91. The first kappa shape index (κ1) is 12.9. The summed E-state index contributed by atoms with van der Waals surface area (Å²) in [6.45, 7) is 0. The highest BCUT2D eigenvalue weighted by Crippen LogP contribution is 2.26. The average Bonchev–Trinajstić information content (AvgIpc) is 2.06. The summed E-state index contributed by atoms with van der Waals surface area (Å²) in [5.41, 5.74) is -0.103. The molecule has 0 fully saturated rings. The zero-order chi connectivity index (χ0) is 11.8. The molecule has 0 aliphatic rings. The summed E-state index contributed by atoms with van der Waals surface area (Å²) in [4.78, 5) is 10.6. The Bertz CT molecular complexity index is 528. The number of carboxylic acids is 1. The van der Waals surface area contributed by atoms with Crippen LogP contribution in [0.25, 0.3) is 0 Å². The van der Waals surface area contributed by atoms with Gasteiger partial charge in [0.2, 0.25) is 10.0 Å². The highest BCUT2D eigenvalue weighted by Gasteiger charge is 2.19. The summed E-state index contributed by atoms with van der Waals surface area (Å²) in [5, 5.41) is 13.8. The molecular formula is C7H5BrINO4S. The molecule has 82 valence electrons. The number of hydrogen-bond acceptors (Lipinski definition) is 3. The summed E-state index contributed by atoms with van der Waals surface area (Å²) in [5.74, 6) is -1.20. The zero-order valence-electron chi connectivity index (χ0n) is 7.07. The fraction of sp³-hybridized carbons (Fsp3) is 0. The van der Waals surface area contributed by atoms with Crippen molar-refractivity contribution in [1.82, 2.24) is 0 Å². The Morgan fingerprint density at radius 1 is 1.47 bits per heavy atom. The molecule has 15 heavy (non-hydrogen) atoms. The molecule has 0 unspecified atom stereocenters. The van der Waals surface area contributed by atoms with Crippen molar-refractivity contribution < 1.29 is 18.3 Å². The van der Waals surface area contributed by atoms with Crippen LogP contribution in [0.2, 0.25) is 0 Å². The van der Waals surface area contributed by atoms with E-state index in [-0.39, 0.29) is 14.0 Å². The number of carboxylic acid groups (broad SMARTS) is 1. The maximum Gasteiger partial charge on any atom is 0.336 e. The first-order valence-corrected chi connectivity index (χ1v) is 6.90. The lowest BCUT2D eigenvalue weighted by atomic mass is 10.2. The van der Waals surface area contributed by atoms with Gasteiger partial charge in [-0.25, -0.2) is 18.4 Å². The van der Waals surface area contributed by atoms with E-state index < -0.39 is 16.0 Å². The van der Waals surface area contributed by atoms with E-state index >= 15 is 0 Å². The van der Waals surface area contributed by atoms with Gasteiger partial charge in [0.15, 0.2) is 0 Å². The van der Waals surface area contributed by atoms with Gasteiger partial charge in [0.25, 0.3) is 0 Å². The second-order valence-corrected chi connectivity index (χ2v) is 6.14. The third-order valence-electron chi connectivity index (χ3n) is 1.54. The van der Waals surface area contributed by atoms with Gasteiger partial charge >= 0.3 is 5.97 Å². The van der Waals surface area contributed by atoms with Crippen LogP contribution in [-0.2, 0) is 10.0 Å². The van der Waals surface area contributed by atoms with Gasteiger partial charge in [0.05, 0.1) is 10.5 Å². The van der Waals surface area contributed by atoms with Crippen LogP contribution in [0.4, 0.5) is 0 Å². The Hall–Kier alpha value is -0.190. The van der Waals surface area contributed by atoms with Crippen molar-refractivity contribution in [3.63, 3.8) is 0 Å². The van der Waals surface area contributed by atoms with Gasteiger partial charge in [-0.05, 0) is 34.7 Å². The van der Waals surface area contributed by atoms with E-state index in [9.17, 15) is 13.2 Å². The monoisotopic (exact) mass is 405 g/mol. The highest BCUT2D eigenvalue weighted by molar-refractivity contribution is 14.1. The first-order valence-electron chi connectivity index (χ1n) is 3.48. The molecule has 0 saturated carbocycles. The Morgan fingerprint density at radius 2 is 2.00 bits per heavy atom. The van der Waals surface area contributed by atoms with Gasteiger partial charge in [0.1, 0.15) is 0 Å². The summed E-state index contributed by atoms with van der Waals surface area (Å²) in [7, 11) is -3.91. The van der Waals surface area contributed by atoms with Crippen molar-refractivity contribution in [1.29, 1.82) is 0 Å². The van der Waals surface area contributed by atoms with Crippen LogP contribution in [0.3, 0.4) is 0 Å². The number of hydrogen-bond donors (Lipinski definition) is 2. The Kier molecular flexibility index (Phi) is 3.74. The van der Waals surface area contributed by atoms with Gasteiger partial charge in [-0.15, -0.1) is 0 Å². The van der Waals surface area contributed by atoms with E-state index in [0.29, 0.717) is 4.47 Å². The van der Waals surface area contributed by atoms with Crippen LogP contribution in [0.15, 0.2) is 21.5 Å². The molecule has 5 nitrogen and oxygen atoms in total. The van der Waals surface area contributed by atoms with Gasteiger partial charge in [-0.1, -0.05) is 15.9 Å². The molecule has 0 aliphatic heterocycles. The molecule has 0 heterocycles. The molecule has 0 radical (unpaired) electrons. The fourth-order valence-corrected chi connectivity index (χ4v) is 3.65. The van der Waals surface area contributed by atoms with Crippen LogP contribution < -0.4 is 5.14 Å². The highest BCUT2D eigenvalue weighted by atomic mass is 127. The van der Waals surface area contributed by atoms with E-state index in [2.05, 4.69) is 15.9 Å². The van der Waals surface area contributed by atoms with E-state index in [1.165, 1.54) is 12.1 Å². The van der Waals surface area contributed by atoms with Crippen molar-refractivity contribution in [2.75, 3.05) is 0 Å². The molecule has 0 spiro atoms. The summed E-state index contributed by atoms with van der Waals surface area (Å²) in [6.07, 6.45) is 0. The largest absolute Gasteiger partial charge is 0.478 e. The summed E-state index contributed by atoms with van der Waals surface area (Å²) >= 11 is 4.66. The maximum absolute atomic E-state index is 11.1. The van der Waals surface area contributed by atoms with Gasteiger partial charge in [0, 0.05) is 8.04 Å². The third kappa shape index (κ3) is 2.89. The van der Waals surface area contributed by atoms with E-state index in [4.69, 9.17) is 10.2 Å².